The number of thiophene rings is 1. The summed E-state index contributed by atoms with van der Waals surface area (Å²) in [5, 5.41) is 2.79. The third-order valence-electron chi connectivity index (χ3n) is 3.58. The maximum atomic E-state index is 12.4. The summed E-state index contributed by atoms with van der Waals surface area (Å²) in [5.41, 5.74) is 1.62. The number of amides is 2. The van der Waals surface area contributed by atoms with Crippen molar-refractivity contribution in [2.24, 2.45) is 0 Å². The summed E-state index contributed by atoms with van der Waals surface area (Å²) >= 11 is 7.39. The van der Waals surface area contributed by atoms with Gasteiger partial charge in [0.2, 0.25) is 5.91 Å². The summed E-state index contributed by atoms with van der Waals surface area (Å²) in [4.78, 5) is 27.2. The summed E-state index contributed by atoms with van der Waals surface area (Å²) in [6, 6.07) is 11.1. The zero-order chi connectivity index (χ0) is 18.2. The van der Waals surface area contributed by atoms with Crippen molar-refractivity contribution in [2.75, 3.05) is 13.1 Å². The lowest BCUT2D eigenvalue weighted by Gasteiger charge is -2.20. The van der Waals surface area contributed by atoms with E-state index in [2.05, 4.69) is 11.9 Å². The van der Waals surface area contributed by atoms with E-state index in [-0.39, 0.29) is 18.2 Å². The number of hydrogen-bond acceptors (Lipinski definition) is 3. The fraction of sp³-hybridized carbons (Fsp3) is 0.263. The third-order valence-corrected chi connectivity index (χ3v) is 4.80. The van der Waals surface area contributed by atoms with Gasteiger partial charge in [0.05, 0.1) is 10.9 Å². The lowest BCUT2D eigenvalue weighted by Crippen LogP contribution is -2.34. The Hall–Kier alpha value is -2.11. The molecular weight excluding hydrogens is 356 g/mol. The summed E-state index contributed by atoms with van der Waals surface area (Å²) in [7, 11) is 0. The molecule has 0 saturated heterocycles. The smallest absolute Gasteiger partial charge is 0.251 e. The van der Waals surface area contributed by atoms with E-state index in [0.29, 0.717) is 29.5 Å². The Bertz CT molecular complexity index is 757. The first-order chi connectivity index (χ1) is 12.0. The molecule has 0 fully saturated rings. The van der Waals surface area contributed by atoms with Crippen molar-refractivity contribution >= 4 is 34.8 Å². The first-order valence-electron chi connectivity index (χ1n) is 7.97. The molecule has 1 heterocycles. The van der Waals surface area contributed by atoms with Crippen LogP contribution in [0.2, 0.25) is 4.34 Å². The SMILES string of the molecule is C=CCN(Cc1ccc(Cl)s1)C(=O)CCNC(=O)c1cccc(C)c1. The van der Waals surface area contributed by atoms with Crippen LogP contribution in [0.4, 0.5) is 0 Å². The Balaban J connectivity index is 1.86. The van der Waals surface area contributed by atoms with Crippen molar-refractivity contribution < 1.29 is 9.59 Å². The normalized spacial score (nSPS) is 10.3. The summed E-state index contributed by atoms with van der Waals surface area (Å²) in [5.74, 6) is -0.203. The summed E-state index contributed by atoms with van der Waals surface area (Å²) in [6.07, 6.45) is 1.93. The molecule has 0 aliphatic carbocycles. The van der Waals surface area contributed by atoms with Crippen LogP contribution in [0, 0.1) is 6.92 Å². The zero-order valence-corrected chi connectivity index (χ0v) is 15.7. The molecule has 4 nitrogen and oxygen atoms in total. The van der Waals surface area contributed by atoms with E-state index in [1.54, 1.807) is 17.0 Å². The summed E-state index contributed by atoms with van der Waals surface area (Å²) in [6.45, 7) is 6.88. The quantitative estimate of drug-likeness (QED) is 0.707. The Morgan fingerprint density at radius 1 is 1.32 bits per heavy atom. The van der Waals surface area contributed by atoms with E-state index in [0.717, 1.165) is 10.4 Å². The van der Waals surface area contributed by atoms with Crippen LogP contribution in [0.25, 0.3) is 0 Å². The Morgan fingerprint density at radius 3 is 2.76 bits per heavy atom. The minimum atomic E-state index is -0.170. The van der Waals surface area contributed by atoms with Crippen molar-refractivity contribution in [3.05, 3.63) is 69.4 Å². The number of carbonyl (C=O) groups is 2. The molecule has 2 rings (SSSR count). The highest BCUT2D eigenvalue weighted by atomic mass is 35.5. The van der Waals surface area contributed by atoms with Gasteiger partial charge in [-0.25, -0.2) is 0 Å². The first kappa shape index (κ1) is 19.2. The number of rotatable bonds is 8. The number of halogens is 1. The van der Waals surface area contributed by atoms with Crippen LogP contribution in [0.5, 0.6) is 0 Å². The van der Waals surface area contributed by atoms with Crippen molar-refractivity contribution in [3.8, 4) is 0 Å². The lowest BCUT2D eigenvalue weighted by molar-refractivity contribution is -0.131. The fourth-order valence-electron chi connectivity index (χ4n) is 2.36. The number of aryl methyl sites for hydroxylation is 1. The topological polar surface area (TPSA) is 49.4 Å². The van der Waals surface area contributed by atoms with E-state index >= 15 is 0 Å². The van der Waals surface area contributed by atoms with Gasteiger partial charge in [-0.3, -0.25) is 9.59 Å². The van der Waals surface area contributed by atoms with Gasteiger partial charge in [-0.2, -0.15) is 0 Å². The molecule has 1 aromatic heterocycles. The van der Waals surface area contributed by atoms with Gasteiger partial charge in [0.1, 0.15) is 0 Å². The largest absolute Gasteiger partial charge is 0.352 e. The van der Waals surface area contributed by atoms with E-state index in [1.807, 2.05) is 37.3 Å². The number of carbonyl (C=O) groups excluding carboxylic acids is 2. The van der Waals surface area contributed by atoms with Crippen LogP contribution in [0.3, 0.4) is 0 Å². The van der Waals surface area contributed by atoms with E-state index < -0.39 is 0 Å². The predicted octanol–water partition coefficient (Wildman–Crippen LogP) is 4.04. The molecule has 6 heteroatoms. The molecule has 25 heavy (non-hydrogen) atoms. The van der Waals surface area contributed by atoms with Gasteiger partial charge in [0.15, 0.2) is 0 Å². The molecule has 0 unspecified atom stereocenters. The Morgan fingerprint density at radius 2 is 2.12 bits per heavy atom. The molecule has 1 N–H and O–H groups in total. The minimum Gasteiger partial charge on any atom is -0.352 e. The number of benzene rings is 1. The van der Waals surface area contributed by atoms with Gasteiger partial charge in [0, 0.05) is 30.0 Å². The van der Waals surface area contributed by atoms with Crippen LogP contribution in [-0.2, 0) is 11.3 Å². The molecule has 2 amide bonds. The molecule has 0 bridgehead atoms. The van der Waals surface area contributed by atoms with Crippen LogP contribution in [0.15, 0.2) is 49.1 Å². The monoisotopic (exact) mass is 376 g/mol. The van der Waals surface area contributed by atoms with Gasteiger partial charge in [-0.05, 0) is 31.2 Å². The van der Waals surface area contributed by atoms with Crippen LogP contribution in [-0.4, -0.2) is 29.8 Å². The zero-order valence-electron chi connectivity index (χ0n) is 14.1. The predicted molar refractivity (Wildman–Crippen MR) is 103 cm³/mol. The second-order valence-corrected chi connectivity index (χ2v) is 7.44. The minimum absolute atomic E-state index is 0.0334. The van der Waals surface area contributed by atoms with Gasteiger partial charge in [-0.1, -0.05) is 35.4 Å². The maximum absolute atomic E-state index is 12.4. The highest BCUT2D eigenvalue weighted by molar-refractivity contribution is 7.16. The Kier molecular flexibility index (Phi) is 7.22. The molecule has 0 aliphatic heterocycles. The standard InChI is InChI=1S/C19H21ClN2O2S/c1-3-11-22(13-16-7-8-17(20)25-16)18(23)9-10-21-19(24)15-6-4-5-14(2)12-15/h3-8,12H,1,9-11,13H2,2H3,(H,21,24). The first-order valence-corrected chi connectivity index (χ1v) is 9.17. The van der Waals surface area contributed by atoms with E-state index in [9.17, 15) is 9.59 Å². The molecular formula is C19H21ClN2O2S. The molecule has 1 aromatic carbocycles. The van der Waals surface area contributed by atoms with E-state index in [1.165, 1.54) is 11.3 Å². The number of nitrogens with one attached hydrogen (secondary N) is 1. The molecule has 0 saturated carbocycles. The highest BCUT2D eigenvalue weighted by Gasteiger charge is 2.14. The van der Waals surface area contributed by atoms with E-state index in [4.69, 9.17) is 11.6 Å². The average Bonchev–Trinajstić information content (AvgIpc) is 2.99. The van der Waals surface area contributed by atoms with Crippen LogP contribution < -0.4 is 5.32 Å². The number of hydrogen-bond donors (Lipinski definition) is 1. The molecule has 132 valence electrons. The second kappa shape index (κ2) is 9.39. The van der Waals surface area contributed by atoms with Crippen molar-refractivity contribution in [1.29, 1.82) is 0 Å². The molecule has 0 radical (unpaired) electrons. The molecule has 2 aromatic rings. The van der Waals surface area contributed by atoms with Gasteiger partial charge in [-0.15, -0.1) is 17.9 Å². The average molecular weight is 377 g/mol. The van der Waals surface area contributed by atoms with Gasteiger partial charge < -0.3 is 10.2 Å². The fourth-order valence-corrected chi connectivity index (χ4v) is 3.47. The second-order valence-electron chi connectivity index (χ2n) is 5.64. The molecule has 0 atom stereocenters. The Labute approximate surface area is 157 Å². The lowest BCUT2D eigenvalue weighted by atomic mass is 10.1. The highest BCUT2D eigenvalue weighted by Crippen LogP contribution is 2.22. The maximum Gasteiger partial charge on any atom is 0.251 e. The van der Waals surface area contributed by atoms with Gasteiger partial charge in [0.25, 0.3) is 5.91 Å². The van der Waals surface area contributed by atoms with Crippen LogP contribution in [0.1, 0.15) is 27.2 Å². The number of nitrogens with zero attached hydrogens (tertiary/aromatic N) is 1. The molecule has 0 aliphatic rings. The van der Waals surface area contributed by atoms with Crippen molar-refractivity contribution in [2.45, 2.75) is 19.9 Å². The summed E-state index contributed by atoms with van der Waals surface area (Å²) < 4.78 is 0.700. The molecule has 0 spiro atoms. The van der Waals surface area contributed by atoms with Gasteiger partial charge >= 0.3 is 0 Å². The van der Waals surface area contributed by atoms with Crippen LogP contribution >= 0.6 is 22.9 Å². The third kappa shape index (κ3) is 6.03. The van der Waals surface area contributed by atoms with Crippen molar-refractivity contribution in [1.82, 2.24) is 10.2 Å². The van der Waals surface area contributed by atoms with Crippen molar-refractivity contribution in [3.63, 3.8) is 0 Å².